The smallest absolute Gasteiger partial charge is 0.223 e. The highest BCUT2D eigenvalue weighted by atomic mass is 79.9. The summed E-state index contributed by atoms with van der Waals surface area (Å²) in [7, 11) is 0. The third kappa shape index (κ3) is 1.79. The molecular weight excluding hydrogens is 296 g/mol. The Hall–Kier alpha value is -1.78. The van der Waals surface area contributed by atoms with Crippen LogP contribution in [0.4, 0.5) is 0 Å². The molecule has 0 aliphatic heterocycles. The number of aromatic nitrogens is 3. The molecule has 0 N–H and O–H groups in total. The Balaban J connectivity index is 2.02. The van der Waals surface area contributed by atoms with Crippen molar-refractivity contribution in [3.05, 3.63) is 40.9 Å². The van der Waals surface area contributed by atoms with E-state index in [4.69, 9.17) is 0 Å². The van der Waals surface area contributed by atoms with Crippen LogP contribution in [0.25, 0.3) is 5.69 Å². The van der Waals surface area contributed by atoms with Crippen molar-refractivity contribution in [2.24, 2.45) is 4.99 Å². The number of halogens is 1. The van der Waals surface area contributed by atoms with Gasteiger partial charge < -0.3 is 0 Å². The number of isocyanates is 1. The van der Waals surface area contributed by atoms with Gasteiger partial charge in [0.2, 0.25) is 6.08 Å². The van der Waals surface area contributed by atoms with E-state index in [2.05, 4.69) is 31.0 Å². The maximum absolute atomic E-state index is 10.4. The highest BCUT2D eigenvalue weighted by Crippen LogP contribution is 2.49. The zero-order valence-corrected chi connectivity index (χ0v) is 11.0. The number of carbonyl (C=O) groups excluding carboxylic acids is 1. The van der Waals surface area contributed by atoms with E-state index in [1.54, 1.807) is 17.1 Å². The number of hydrogen-bond acceptors (Lipinski definition) is 4. The number of hydrogen-bond donors (Lipinski definition) is 0. The summed E-state index contributed by atoms with van der Waals surface area (Å²) in [6, 6.07) is 5.88. The third-order valence-corrected chi connectivity index (χ3v) is 3.77. The van der Waals surface area contributed by atoms with Gasteiger partial charge in [-0.15, -0.1) is 0 Å². The Bertz CT molecular complexity index is 628. The highest BCUT2D eigenvalue weighted by molar-refractivity contribution is 9.10. The fraction of sp³-hybridized carbons (Fsp3) is 0.250. The molecule has 1 aromatic carbocycles. The lowest BCUT2D eigenvalue weighted by atomic mass is 10.1. The van der Waals surface area contributed by atoms with Gasteiger partial charge in [0.05, 0.1) is 11.2 Å². The van der Waals surface area contributed by atoms with Gasteiger partial charge in [0, 0.05) is 4.47 Å². The van der Waals surface area contributed by atoms with Gasteiger partial charge in [-0.05, 0) is 46.5 Å². The Morgan fingerprint density at radius 1 is 1.44 bits per heavy atom. The molecule has 90 valence electrons. The van der Waals surface area contributed by atoms with Gasteiger partial charge in [-0.25, -0.2) is 14.5 Å². The number of aliphatic imine (C=N–C) groups is 1. The molecule has 1 aliphatic carbocycles. The summed E-state index contributed by atoms with van der Waals surface area (Å²) >= 11 is 3.51. The van der Waals surface area contributed by atoms with Crippen molar-refractivity contribution < 1.29 is 4.79 Å². The van der Waals surface area contributed by atoms with Gasteiger partial charge in [0.25, 0.3) is 0 Å². The van der Waals surface area contributed by atoms with Crippen LogP contribution in [-0.2, 0) is 10.3 Å². The number of nitrogens with zero attached hydrogens (tertiary/aromatic N) is 4. The summed E-state index contributed by atoms with van der Waals surface area (Å²) in [5.74, 6) is 0. The molecule has 5 nitrogen and oxygen atoms in total. The third-order valence-electron chi connectivity index (χ3n) is 3.13. The first kappa shape index (κ1) is 11.3. The summed E-state index contributed by atoms with van der Waals surface area (Å²) < 4.78 is 2.58. The second-order valence-electron chi connectivity index (χ2n) is 4.24. The second-order valence-corrected chi connectivity index (χ2v) is 5.10. The lowest BCUT2D eigenvalue weighted by molar-refractivity contribution is 0.556. The van der Waals surface area contributed by atoms with Gasteiger partial charge in [-0.2, -0.15) is 10.1 Å². The zero-order chi connectivity index (χ0) is 12.6. The minimum absolute atomic E-state index is 0.342. The van der Waals surface area contributed by atoms with Crippen LogP contribution >= 0.6 is 15.9 Å². The first-order chi connectivity index (χ1) is 8.75. The van der Waals surface area contributed by atoms with Gasteiger partial charge in [-0.1, -0.05) is 6.07 Å². The van der Waals surface area contributed by atoms with Gasteiger partial charge >= 0.3 is 0 Å². The van der Waals surface area contributed by atoms with E-state index in [9.17, 15) is 4.79 Å². The van der Waals surface area contributed by atoms with E-state index in [1.807, 2.05) is 18.2 Å². The summed E-state index contributed by atoms with van der Waals surface area (Å²) in [6.07, 6.45) is 6.58. The van der Waals surface area contributed by atoms with Crippen LogP contribution in [0.3, 0.4) is 0 Å². The molecule has 0 bridgehead atoms. The number of rotatable bonds is 3. The van der Waals surface area contributed by atoms with E-state index < -0.39 is 0 Å². The van der Waals surface area contributed by atoms with E-state index in [0.717, 1.165) is 28.6 Å². The van der Waals surface area contributed by atoms with Crippen molar-refractivity contribution in [1.29, 1.82) is 0 Å². The van der Waals surface area contributed by atoms with Gasteiger partial charge in [-0.3, -0.25) is 0 Å². The van der Waals surface area contributed by atoms with Crippen molar-refractivity contribution in [3.8, 4) is 5.69 Å². The number of benzene rings is 1. The average molecular weight is 305 g/mol. The Labute approximate surface area is 112 Å². The maximum Gasteiger partial charge on any atom is 0.235 e. The molecule has 6 heteroatoms. The SMILES string of the molecule is O=C=NC1(c2ccc(-n3cncn3)c(Br)c2)CC1. The first-order valence-corrected chi connectivity index (χ1v) is 6.28. The molecule has 0 amide bonds. The van der Waals surface area contributed by atoms with Crippen LogP contribution in [0.1, 0.15) is 18.4 Å². The Morgan fingerprint density at radius 3 is 2.83 bits per heavy atom. The lowest BCUT2D eigenvalue weighted by Crippen LogP contribution is -2.04. The minimum Gasteiger partial charge on any atom is -0.223 e. The topological polar surface area (TPSA) is 60.1 Å². The van der Waals surface area contributed by atoms with Crippen LogP contribution in [0.5, 0.6) is 0 Å². The van der Waals surface area contributed by atoms with Gasteiger partial charge in [0.15, 0.2) is 0 Å². The predicted molar refractivity (Wildman–Crippen MR) is 68.1 cm³/mol. The summed E-state index contributed by atoms with van der Waals surface area (Å²) in [5, 5.41) is 4.08. The quantitative estimate of drug-likeness (QED) is 0.646. The molecular formula is C12H9BrN4O. The zero-order valence-electron chi connectivity index (χ0n) is 9.38. The van der Waals surface area contributed by atoms with E-state index in [-0.39, 0.29) is 5.54 Å². The van der Waals surface area contributed by atoms with Gasteiger partial charge in [0.1, 0.15) is 12.7 Å². The molecule has 0 unspecified atom stereocenters. The van der Waals surface area contributed by atoms with Crippen molar-refractivity contribution in [2.75, 3.05) is 0 Å². The van der Waals surface area contributed by atoms with Crippen LogP contribution in [0.15, 0.2) is 40.3 Å². The van der Waals surface area contributed by atoms with Crippen molar-refractivity contribution >= 4 is 22.0 Å². The lowest BCUT2D eigenvalue weighted by Gasteiger charge is -2.11. The fourth-order valence-corrected chi connectivity index (χ4v) is 2.55. The van der Waals surface area contributed by atoms with Crippen molar-refractivity contribution in [2.45, 2.75) is 18.4 Å². The average Bonchev–Trinajstić information content (AvgIpc) is 2.95. The minimum atomic E-state index is -0.342. The van der Waals surface area contributed by atoms with Crippen LogP contribution in [-0.4, -0.2) is 20.8 Å². The highest BCUT2D eigenvalue weighted by Gasteiger charge is 2.45. The molecule has 3 rings (SSSR count). The van der Waals surface area contributed by atoms with Crippen LogP contribution in [0, 0.1) is 0 Å². The molecule has 1 aliphatic rings. The molecule has 18 heavy (non-hydrogen) atoms. The molecule has 0 atom stereocenters. The molecule has 2 aromatic rings. The molecule has 1 fully saturated rings. The van der Waals surface area contributed by atoms with Crippen molar-refractivity contribution in [1.82, 2.24) is 14.8 Å². The Kier molecular flexibility index (Phi) is 2.61. The summed E-state index contributed by atoms with van der Waals surface area (Å²) in [5.41, 5.74) is 1.59. The normalized spacial score (nSPS) is 16.1. The monoisotopic (exact) mass is 304 g/mol. The molecule has 0 radical (unpaired) electrons. The maximum atomic E-state index is 10.4. The van der Waals surface area contributed by atoms with Crippen molar-refractivity contribution in [3.63, 3.8) is 0 Å². The van der Waals surface area contributed by atoms with Crippen LogP contribution < -0.4 is 0 Å². The molecule has 1 aromatic heterocycles. The Morgan fingerprint density at radius 2 is 2.28 bits per heavy atom. The summed E-state index contributed by atoms with van der Waals surface area (Å²) in [6.45, 7) is 0. The molecule has 0 spiro atoms. The standard InChI is InChI=1S/C12H9BrN4O/c13-10-5-9(12(3-4-12)15-8-18)1-2-11(10)17-7-14-6-16-17/h1-2,5-7H,3-4H2. The second kappa shape index (κ2) is 4.15. The predicted octanol–water partition coefficient (Wildman–Crippen LogP) is 2.35. The largest absolute Gasteiger partial charge is 0.235 e. The summed E-state index contributed by atoms with van der Waals surface area (Å²) in [4.78, 5) is 18.3. The first-order valence-electron chi connectivity index (χ1n) is 5.49. The van der Waals surface area contributed by atoms with E-state index in [0.29, 0.717) is 0 Å². The van der Waals surface area contributed by atoms with Crippen LogP contribution in [0.2, 0.25) is 0 Å². The molecule has 0 saturated heterocycles. The fourth-order valence-electron chi connectivity index (χ4n) is 1.99. The van der Waals surface area contributed by atoms with E-state index >= 15 is 0 Å². The van der Waals surface area contributed by atoms with E-state index in [1.165, 1.54) is 6.33 Å². The molecule has 1 saturated carbocycles. The molecule has 1 heterocycles.